The van der Waals surface area contributed by atoms with E-state index >= 15 is 0 Å². The van der Waals surface area contributed by atoms with E-state index in [1.54, 1.807) is 24.9 Å². The predicted octanol–water partition coefficient (Wildman–Crippen LogP) is 2.12. The van der Waals surface area contributed by atoms with Crippen LogP contribution in [0.3, 0.4) is 0 Å². The van der Waals surface area contributed by atoms with E-state index in [4.69, 9.17) is 11.6 Å². The number of amides is 1. The molecule has 1 aliphatic heterocycles. The highest BCUT2D eigenvalue weighted by atomic mass is 35.5. The molecule has 21 heavy (non-hydrogen) atoms. The summed E-state index contributed by atoms with van der Waals surface area (Å²) in [5, 5.41) is 4.66. The van der Waals surface area contributed by atoms with E-state index in [0.29, 0.717) is 23.0 Å². The van der Waals surface area contributed by atoms with Crippen molar-refractivity contribution in [3.05, 3.63) is 34.6 Å². The SMILES string of the molecule is Cc1nn(C)c(C(=O)N2CCCC(c3ncc[nH]3)C2)c1Cl. The van der Waals surface area contributed by atoms with Crippen molar-refractivity contribution in [3.8, 4) is 0 Å². The number of nitrogens with one attached hydrogen (secondary N) is 1. The van der Waals surface area contributed by atoms with E-state index in [-0.39, 0.29) is 11.8 Å². The van der Waals surface area contributed by atoms with Gasteiger partial charge in [0.15, 0.2) is 0 Å². The number of piperidine rings is 1. The third kappa shape index (κ3) is 2.55. The van der Waals surface area contributed by atoms with Gasteiger partial charge in [-0.3, -0.25) is 9.48 Å². The minimum Gasteiger partial charge on any atom is -0.348 e. The van der Waals surface area contributed by atoms with E-state index in [9.17, 15) is 4.79 Å². The zero-order valence-electron chi connectivity index (χ0n) is 12.1. The molecule has 0 saturated carbocycles. The van der Waals surface area contributed by atoms with Crippen LogP contribution in [0.4, 0.5) is 0 Å². The van der Waals surface area contributed by atoms with Gasteiger partial charge in [0.2, 0.25) is 0 Å². The summed E-state index contributed by atoms with van der Waals surface area (Å²) in [4.78, 5) is 22.0. The number of nitrogens with zero attached hydrogens (tertiary/aromatic N) is 4. The third-order valence-electron chi connectivity index (χ3n) is 3.97. The Morgan fingerprint density at radius 1 is 1.52 bits per heavy atom. The second-order valence-electron chi connectivity index (χ2n) is 5.44. The molecule has 1 fully saturated rings. The summed E-state index contributed by atoms with van der Waals surface area (Å²) < 4.78 is 1.57. The van der Waals surface area contributed by atoms with Crippen LogP contribution in [-0.4, -0.2) is 43.6 Å². The van der Waals surface area contributed by atoms with Gasteiger partial charge in [0.05, 0.1) is 10.7 Å². The topological polar surface area (TPSA) is 66.8 Å². The number of halogens is 1. The molecule has 0 radical (unpaired) electrons. The van der Waals surface area contributed by atoms with Gasteiger partial charge in [0.1, 0.15) is 11.5 Å². The number of hydrogen-bond acceptors (Lipinski definition) is 3. The molecule has 2 aromatic rings. The molecule has 0 aromatic carbocycles. The number of rotatable bonds is 2. The van der Waals surface area contributed by atoms with Crippen LogP contribution in [0.1, 0.15) is 40.8 Å². The summed E-state index contributed by atoms with van der Waals surface area (Å²) in [6.07, 6.45) is 5.57. The summed E-state index contributed by atoms with van der Waals surface area (Å²) in [7, 11) is 1.75. The number of imidazole rings is 1. The molecule has 1 saturated heterocycles. The summed E-state index contributed by atoms with van der Waals surface area (Å²) in [6.45, 7) is 3.21. The second kappa shape index (κ2) is 5.52. The highest BCUT2D eigenvalue weighted by Gasteiger charge is 2.30. The lowest BCUT2D eigenvalue weighted by Crippen LogP contribution is -2.40. The van der Waals surface area contributed by atoms with Gasteiger partial charge in [-0.1, -0.05) is 11.6 Å². The average molecular weight is 308 g/mol. The molecule has 1 amide bonds. The highest BCUT2D eigenvalue weighted by molar-refractivity contribution is 6.34. The Labute approximate surface area is 128 Å². The number of carbonyl (C=O) groups excluding carboxylic acids is 1. The first kappa shape index (κ1) is 14.1. The number of aromatic nitrogens is 4. The second-order valence-corrected chi connectivity index (χ2v) is 5.81. The van der Waals surface area contributed by atoms with E-state index in [2.05, 4.69) is 15.1 Å². The Hall–Kier alpha value is -1.82. The lowest BCUT2D eigenvalue weighted by atomic mass is 9.97. The maximum absolute atomic E-state index is 12.7. The Kier molecular flexibility index (Phi) is 3.71. The van der Waals surface area contributed by atoms with Crippen molar-refractivity contribution in [1.82, 2.24) is 24.6 Å². The standard InChI is InChI=1S/C14H18ClN5O/c1-9-11(15)12(19(2)18-9)14(21)20-7-3-4-10(8-20)13-16-5-6-17-13/h5-6,10H,3-4,7-8H2,1-2H3,(H,16,17). The first-order valence-electron chi connectivity index (χ1n) is 7.05. The monoisotopic (exact) mass is 307 g/mol. The van der Waals surface area contributed by atoms with Gasteiger partial charge >= 0.3 is 0 Å². The Morgan fingerprint density at radius 3 is 2.95 bits per heavy atom. The lowest BCUT2D eigenvalue weighted by Gasteiger charge is -2.31. The van der Waals surface area contributed by atoms with Crippen molar-refractivity contribution in [1.29, 1.82) is 0 Å². The summed E-state index contributed by atoms with van der Waals surface area (Å²) in [5.74, 6) is 1.14. The maximum atomic E-state index is 12.7. The predicted molar refractivity (Wildman–Crippen MR) is 79.4 cm³/mol. The number of aromatic amines is 1. The first-order chi connectivity index (χ1) is 10.1. The van der Waals surface area contributed by atoms with Gasteiger partial charge < -0.3 is 9.88 Å². The van der Waals surface area contributed by atoms with E-state index in [0.717, 1.165) is 25.2 Å². The van der Waals surface area contributed by atoms with E-state index in [1.807, 2.05) is 11.1 Å². The molecule has 1 unspecified atom stereocenters. The van der Waals surface area contributed by atoms with Gasteiger partial charge in [-0.05, 0) is 19.8 Å². The molecule has 0 spiro atoms. The normalized spacial score (nSPS) is 19.0. The van der Waals surface area contributed by atoms with Crippen LogP contribution < -0.4 is 0 Å². The quantitative estimate of drug-likeness (QED) is 0.924. The Morgan fingerprint density at radius 2 is 2.33 bits per heavy atom. The van der Waals surface area contributed by atoms with Crippen LogP contribution in [0.2, 0.25) is 5.02 Å². The highest BCUT2D eigenvalue weighted by Crippen LogP contribution is 2.27. The van der Waals surface area contributed by atoms with Gasteiger partial charge in [0.25, 0.3) is 5.91 Å². The molecule has 2 aromatic heterocycles. The van der Waals surface area contributed by atoms with Crippen LogP contribution in [0.5, 0.6) is 0 Å². The lowest BCUT2D eigenvalue weighted by molar-refractivity contribution is 0.0694. The molecule has 3 heterocycles. The van der Waals surface area contributed by atoms with Crippen molar-refractivity contribution in [2.75, 3.05) is 13.1 Å². The molecular weight excluding hydrogens is 290 g/mol. The molecule has 1 atom stereocenters. The van der Waals surface area contributed by atoms with Gasteiger partial charge in [-0.2, -0.15) is 5.10 Å². The molecule has 3 rings (SSSR count). The zero-order valence-corrected chi connectivity index (χ0v) is 12.9. The van der Waals surface area contributed by atoms with Crippen LogP contribution in [-0.2, 0) is 7.05 Å². The largest absolute Gasteiger partial charge is 0.348 e. The molecular formula is C14H18ClN5O. The molecule has 6 nitrogen and oxygen atoms in total. The van der Waals surface area contributed by atoms with Gasteiger partial charge in [0, 0.05) is 38.4 Å². The number of H-pyrrole nitrogens is 1. The fourth-order valence-corrected chi connectivity index (χ4v) is 3.14. The van der Waals surface area contributed by atoms with Gasteiger partial charge in [-0.15, -0.1) is 0 Å². The van der Waals surface area contributed by atoms with Crippen molar-refractivity contribution in [2.45, 2.75) is 25.7 Å². The molecule has 0 bridgehead atoms. The van der Waals surface area contributed by atoms with Crippen molar-refractivity contribution < 1.29 is 4.79 Å². The average Bonchev–Trinajstić information content (AvgIpc) is 3.08. The molecule has 7 heteroatoms. The fourth-order valence-electron chi connectivity index (χ4n) is 2.90. The summed E-state index contributed by atoms with van der Waals surface area (Å²) >= 11 is 6.21. The number of hydrogen-bond donors (Lipinski definition) is 1. The number of aryl methyl sites for hydroxylation is 2. The Bertz CT molecular complexity index is 649. The van der Waals surface area contributed by atoms with Crippen molar-refractivity contribution in [3.63, 3.8) is 0 Å². The first-order valence-corrected chi connectivity index (χ1v) is 7.43. The Balaban J connectivity index is 1.81. The van der Waals surface area contributed by atoms with Crippen LogP contribution in [0.25, 0.3) is 0 Å². The molecule has 112 valence electrons. The molecule has 1 N–H and O–H groups in total. The minimum atomic E-state index is -0.0562. The van der Waals surface area contributed by atoms with Crippen LogP contribution >= 0.6 is 11.6 Å². The number of carbonyl (C=O) groups is 1. The third-order valence-corrected chi connectivity index (χ3v) is 4.42. The van der Waals surface area contributed by atoms with Crippen LogP contribution in [0, 0.1) is 6.92 Å². The van der Waals surface area contributed by atoms with Gasteiger partial charge in [-0.25, -0.2) is 4.98 Å². The minimum absolute atomic E-state index is 0.0562. The maximum Gasteiger partial charge on any atom is 0.273 e. The summed E-state index contributed by atoms with van der Waals surface area (Å²) in [6, 6.07) is 0. The van der Waals surface area contributed by atoms with E-state index < -0.39 is 0 Å². The van der Waals surface area contributed by atoms with Crippen molar-refractivity contribution >= 4 is 17.5 Å². The summed E-state index contributed by atoms with van der Waals surface area (Å²) in [5.41, 5.74) is 1.15. The smallest absolute Gasteiger partial charge is 0.273 e. The fraction of sp³-hybridized carbons (Fsp3) is 0.500. The molecule has 0 aliphatic carbocycles. The van der Waals surface area contributed by atoms with Crippen LogP contribution in [0.15, 0.2) is 12.4 Å². The number of likely N-dealkylation sites (tertiary alicyclic amines) is 1. The van der Waals surface area contributed by atoms with Crippen molar-refractivity contribution in [2.24, 2.45) is 7.05 Å². The molecule has 1 aliphatic rings. The van der Waals surface area contributed by atoms with E-state index in [1.165, 1.54) is 0 Å². The zero-order chi connectivity index (χ0) is 15.0.